The van der Waals surface area contributed by atoms with Crippen LogP contribution in [-0.4, -0.2) is 29.9 Å². The van der Waals surface area contributed by atoms with E-state index in [2.05, 4.69) is 25.3 Å². The van der Waals surface area contributed by atoms with Gasteiger partial charge in [0.25, 0.3) is 0 Å². The van der Waals surface area contributed by atoms with Gasteiger partial charge in [0.15, 0.2) is 5.65 Å². The molecule has 0 aliphatic carbocycles. The highest BCUT2D eigenvalue weighted by Gasteiger charge is 2.05. The largest absolute Gasteiger partial charge is 0.339 e. The van der Waals surface area contributed by atoms with Crippen LogP contribution in [0, 0.1) is 0 Å². The first kappa shape index (κ1) is 9.91. The van der Waals surface area contributed by atoms with Gasteiger partial charge in [-0.25, -0.2) is 14.6 Å². The normalized spacial score (nSPS) is 11.1. The Balaban J connectivity index is 1.89. The lowest BCUT2D eigenvalue weighted by molar-refractivity contribution is 0.630. The Morgan fingerprint density at radius 3 is 3.12 bits per heavy atom. The molecule has 86 valence electrons. The third kappa shape index (κ3) is 1.87. The van der Waals surface area contributed by atoms with Crippen LogP contribution in [0.15, 0.2) is 24.5 Å². The van der Waals surface area contributed by atoms with E-state index in [-0.39, 0.29) is 0 Å². The van der Waals surface area contributed by atoms with Gasteiger partial charge in [0.05, 0.1) is 17.4 Å². The Labute approximate surface area is 96.7 Å². The quantitative estimate of drug-likeness (QED) is 0.661. The zero-order valence-corrected chi connectivity index (χ0v) is 9.04. The van der Waals surface area contributed by atoms with E-state index in [4.69, 9.17) is 5.73 Å². The minimum atomic E-state index is 0.391. The van der Waals surface area contributed by atoms with Crippen molar-refractivity contribution in [2.24, 2.45) is 5.73 Å². The molecular formula is C10H11N7. The molecule has 0 saturated carbocycles. The Kier molecular flexibility index (Phi) is 2.30. The van der Waals surface area contributed by atoms with Gasteiger partial charge in [-0.2, -0.15) is 0 Å². The van der Waals surface area contributed by atoms with Gasteiger partial charge in [-0.15, -0.1) is 5.10 Å². The highest BCUT2D eigenvalue weighted by Crippen LogP contribution is 2.08. The number of fused-ring (bicyclic) bond motifs is 1. The summed E-state index contributed by atoms with van der Waals surface area (Å²) in [7, 11) is 0. The number of hydrogen-bond acceptors (Lipinski definition) is 5. The van der Waals surface area contributed by atoms with E-state index >= 15 is 0 Å². The molecule has 3 heterocycles. The molecule has 7 nitrogen and oxygen atoms in total. The van der Waals surface area contributed by atoms with Crippen molar-refractivity contribution in [3.63, 3.8) is 0 Å². The van der Waals surface area contributed by atoms with Crippen molar-refractivity contribution in [1.82, 2.24) is 29.9 Å². The lowest BCUT2D eigenvalue weighted by Crippen LogP contribution is -2.02. The molecule has 0 aliphatic heterocycles. The maximum absolute atomic E-state index is 5.47. The minimum absolute atomic E-state index is 0.391. The smallest absolute Gasteiger partial charge is 0.177 e. The van der Waals surface area contributed by atoms with Gasteiger partial charge in [0.1, 0.15) is 12.4 Å². The maximum Gasteiger partial charge on any atom is 0.177 e. The van der Waals surface area contributed by atoms with E-state index in [1.807, 2.05) is 12.1 Å². The van der Waals surface area contributed by atoms with Crippen molar-refractivity contribution in [2.45, 2.75) is 13.1 Å². The van der Waals surface area contributed by atoms with Gasteiger partial charge >= 0.3 is 0 Å². The van der Waals surface area contributed by atoms with E-state index in [1.54, 1.807) is 17.1 Å². The number of H-pyrrole nitrogens is 1. The fourth-order valence-corrected chi connectivity index (χ4v) is 1.63. The molecule has 0 atom stereocenters. The maximum atomic E-state index is 5.47. The van der Waals surface area contributed by atoms with E-state index < -0.39 is 0 Å². The SMILES string of the molecule is NCc1cn(Cc2nc3ncccc3[nH]2)nn1. The zero-order chi connectivity index (χ0) is 11.7. The van der Waals surface area contributed by atoms with Crippen LogP contribution in [0.4, 0.5) is 0 Å². The van der Waals surface area contributed by atoms with Crippen LogP contribution >= 0.6 is 0 Å². The summed E-state index contributed by atoms with van der Waals surface area (Å²) in [4.78, 5) is 11.7. The molecule has 17 heavy (non-hydrogen) atoms. The molecule has 0 aliphatic rings. The van der Waals surface area contributed by atoms with E-state index in [9.17, 15) is 0 Å². The predicted molar refractivity (Wildman–Crippen MR) is 60.9 cm³/mol. The second kappa shape index (κ2) is 3.95. The topological polar surface area (TPSA) is 98.3 Å². The van der Waals surface area contributed by atoms with Crippen molar-refractivity contribution in [3.8, 4) is 0 Å². The van der Waals surface area contributed by atoms with E-state index in [0.717, 1.165) is 17.0 Å². The summed E-state index contributed by atoms with van der Waals surface area (Å²) in [5.41, 5.74) is 7.86. The summed E-state index contributed by atoms with van der Waals surface area (Å²) in [5.74, 6) is 0.798. The molecule has 3 aromatic heterocycles. The second-order valence-corrected chi connectivity index (χ2v) is 3.67. The number of nitrogens with two attached hydrogens (primary N) is 1. The van der Waals surface area contributed by atoms with E-state index in [1.165, 1.54) is 0 Å². The Morgan fingerprint density at radius 2 is 2.35 bits per heavy atom. The lowest BCUT2D eigenvalue weighted by atomic mass is 10.4. The number of aromatic nitrogens is 6. The molecule has 3 rings (SSSR count). The molecule has 0 radical (unpaired) electrons. The first-order valence-corrected chi connectivity index (χ1v) is 5.24. The van der Waals surface area contributed by atoms with Crippen LogP contribution in [0.5, 0.6) is 0 Å². The van der Waals surface area contributed by atoms with Crippen molar-refractivity contribution < 1.29 is 0 Å². The second-order valence-electron chi connectivity index (χ2n) is 3.67. The highest BCUT2D eigenvalue weighted by molar-refractivity contribution is 5.69. The molecule has 0 unspecified atom stereocenters. The van der Waals surface area contributed by atoms with Crippen molar-refractivity contribution in [1.29, 1.82) is 0 Å². The standard InChI is InChI=1S/C10H11N7/c11-4-7-5-17(16-15-7)6-9-13-8-2-1-3-12-10(8)14-9/h1-3,5H,4,6,11H2,(H,12,13,14). The zero-order valence-electron chi connectivity index (χ0n) is 9.04. The number of rotatable bonds is 3. The highest BCUT2D eigenvalue weighted by atomic mass is 15.4. The van der Waals surface area contributed by atoms with Crippen molar-refractivity contribution in [3.05, 3.63) is 36.0 Å². The number of aromatic amines is 1. The molecule has 0 spiro atoms. The molecule has 0 amide bonds. The molecule has 0 saturated heterocycles. The lowest BCUT2D eigenvalue weighted by Gasteiger charge is -1.94. The van der Waals surface area contributed by atoms with Crippen LogP contribution in [0.3, 0.4) is 0 Å². The summed E-state index contributed by atoms with van der Waals surface area (Å²) in [5, 5.41) is 7.87. The monoisotopic (exact) mass is 229 g/mol. The fourth-order valence-electron chi connectivity index (χ4n) is 1.63. The first-order valence-electron chi connectivity index (χ1n) is 5.24. The Hall–Kier alpha value is -2.28. The van der Waals surface area contributed by atoms with Gasteiger partial charge in [0, 0.05) is 12.7 Å². The summed E-state index contributed by atoms with van der Waals surface area (Å²) in [6.07, 6.45) is 3.52. The average molecular weight is 229 g/mol. The van der Waals surface area contributed by atoms with Gasteiger partial charge in [-0.3, -0.25) is 0 Å². The number of nitrogens with one attached hydrogen (secondary N) is 1. The predicted octanol–water partition coefficient (Wildman–Crippen LogP) is 0.0564. The Bertz CT molecular complexity index is 606. The van der Waals surface area contributed by atoms with Crippen LogP contribution in [0.1, 0.15) is 11.5 Å². The van der Waals surface area contributed by atoms with Gasteiger partial charge in [-0.05, 0) is 12.1 Å². The number of nitrogens with zero attached hydrogens (tertiary/aromatic N) is 5. The number of imidazole rings is 1. The summed E-state index contributed by atoms with van der Waals surface area (Å²) in [6.45, 7) is 0.922. The molecule has 3 aromatic rings. The Morgan fingerprint density at radius 1 is 1.41 bits per heavy atom. The molecule has 0 fully saturated rings. The van der Waals surface area contributed by atoms with Crippen LogP contribution in [0.2, 0.25) is 0 Å². The average Bonchev–Trinajstić information content (AvgIpc) is 2.94. The van der Waals surface area contributed by atoms with Gasteiger partial charge < -0.3 is 10.7 Å². The molecule has 7 heteroatoms. The number of hydrogen-bond donors (Lipinski definition) is 2. The van der Waals surface area contributed by atoms with Crippen LogP contribution < -0.4 is 5.73 Å². The minimum Gasteiger partial charge on any atom is -0.339 e. The fraction of sp³-hybridized carbons (Fsp3) is 0.200. The van der Waals surface area contributed by atoms with Crippen LogP contribution in [0.25, 0.3) is 11.2 Å². The third-order valence-corrected chi connectivity index (χ3v) is 2.41. The molecular weight excluding hydrogens is 218 g/mol. The summed E-state index contributed by atoms with van der Waals surface area (Å²) < 4.78 is 1.69. The first-order chi connectivity index (χ1) is 8.35. The third-order valence-electron chi connectivity index (χ3n) is 2.41. The van der Waals surface area contributed by atoms with Gasteiger partial charge in [0.2, 0.25) is 0 Å². The van der Waals surface area contributed by atoms with Gasteiger partial charge in [-0.1, -0.05) is 5.21 Å². The van der Waals surface area contributed by atoms with Crippen LogP contribution in [-0.2, 0) is 13.1 Å². The van der Waals surface area contributed by atoms with Crippen molar-refractivity contribution in [2.75, 3.05) is 0 Å². The van der Waals surface area contributed by atoms with E-state index in [0.29, 0.717) is 18.7 Å². The van der Waals surface area contributed by atoms with Crippen molar-refractivity contribution >= 4 is 11.2 Å². The summed E-state index contributed by atoms with van der Waals surface area (Å²) >= 11 is 0. The summed E-state index contributed by atoms with van der Waals surface area (Å²) in [6, 6.07) is 3.80. The molecule has 0 bridgehead atoms. The molecule has 3 N–H and O–H groups in total. The number of pyridine rings is 1. The molecule has 0 aromatic carbocycles.